The molecule has 0 atom stereocenters. The summed E-state index contributed by atoms with van der Waals surface area (Å²) >= 11 is 6.42. The van der Waals surface area contributed by atoms with Gasteiger partial charge >= 0.3 is 5.97 Å². The number of unbranched alkanes of at least 4 members (excludes halogenated alkanes) is 8. The lowest BCUT2D eigenvalue weighted by molar-refractivity contribution is 0.0734. The highest BCUT2D eigenvalue weighted by atomic mass is 35.5. The number of benzene rings is 2. The van der Waals surface area contributed by atoms with E-state index in [9.17, 15) is 4.79 Å². The molecule has 0 saturated heterocycles. The minimum atomic E-state index is -0.419. The van der Waals surface area contributed by atoms with Crippen LogP contribution in [0, 0.1) is 0 Å². The molecule has 3 aromatic rings. The number of hydrogen-bond acceptors (Lipinski definition) is 4. The van der Waals surface area contributed by atoms with E-state index in [1.165, 1.54) is 63.4 Å². The van der Waals surface area contributed by atoms with Crippen LogP contribution in [0.2, 0.25) is 5.02 Å². The molecule has 0 aliphatic heterocycles. The number of aryl methyl sites for hydroxylation is 2. The maximum Gasteiger partial charge on any atom is 0.343 e. The molecule has 0 bridgehead atoms. The predicted molar refractivity (Wildman–Crippen MR) is 149 cm³/mol. The predicted octanol–water partition coefficient (Wildman–Crippen LogP) is 9.04. The summed E-state index contributed by atoms with van der Waals surface area (Å²) in [5, 5.41) is 0.619. The Balaban J connectivity index is 1.50. The molecule has 0 unspecified atom stereocenters. The van der Waals surface area contributed by atoms with Gasteiger partial charge in [0.15, 0.2) is 5.82 Å². The fourth-order valence-electron chi connectivity index (χ4n) is 4.20. The molecular formula is C31H39ClN2O2. The molecule has 192 valence electrons. The average Bonchev–Trinajstić information content (AvgIpc) is 2.90. The minimum Gasteiger partial charge on any atom is -0.423 e. The fraction of sp³-hybridized carbons (Fsp3) is 0.452. The third-order valence-corrected chi connectivity index (χ3v) is 6.79. The Kier molecular flexibility index (Phi) is 11.9. The van der Waals surface area contributed by atoms with Gasteiger partial charge in [0.1, 0.15) is 5.75 Å². The van der Waals surface area contributed by atoms with Gasteiger partial charge in [-0.2, -0.15) is 0 Å². The monoisotopic (exact) mass is 506 g/mol. The van der Waals surface area contributed by atoms with Crippen LogP contribution in [-0.4, -0.2) is 15.9 Å². The number of hydrogen-bond donors (Lipinski definition) is 0. The Morgan fingerprint density at radius 1 is 0.778 bits per heavy atom. The zero-order valence-electron chi connectivity index (χ0n) is 21.8. The summed E-state index contributed by atoms with van der Waals surface area (Å²) in [5.74, 6) is 0.724. The van der Waals surface area contributed by atoms with Crippen molar-refractivity contribution < 1.29 is 9.53 Å². The fourth-order valence-corrected chi connectivity index (χ4v) is 4.47. The molecule has 1 heterocycles. The van der Waals surface area contributed by atoms with Crippen molar-refractivity contribution in [3.63, 3.8) is 0 Å². The molecule has 0 radical (unpaired) electrons. The molecule has 4 nitrogen and oxygen atoms in total. The van der Waals surface area contributed by atoms with Gasteiger partial charge in [0.25, 0.3) is 0 Å². The number of carbonyl (C=O) groups excluding carboxylic acids is 1. The third-order valence-electron chi connectivity index (χ3n) is 6.44. The first kappa shape index (κ1) is 27.9. The van der Waals surface area contributed by atoms with E-state index in [4.69, 9.17) is 16.3 Å². The smallest absolute Gasteiger partial charge is 0.343 e. The second-order valence-corrected chi connectivity index (χ2v) is 9.87. The highest BCUT2D eigenvalue weighted by Gasteiger charge is 2.12. The van der Waals surface area contributed by atoms with E-state index < -0.39 is 5.97 Å². The third kappa shape index (κ3) is 9.05. The van der Waals surface area contributed by atoms with Gasteiger partial charge in [-0.15, -0.1) is 0 Å². The van der Waals surface area contributed by atoms with Crippen molar-refractivity contribution in [3.05, 3.63) is 76.6 Å². The molecule has 0 fully saturated rings. The molecular weight excluding hydrogens is 468 g/mol. The molecule has 0 amide bonds. The van der Waals surface area contributed by atoms with Crippen molar-refractivity contribution in [2.75, 3.05) is 0 Å². The lowest BCUT2D eigenvalue weighted by Crippen LogP contribution is -2.08. The van der Waals surface area contributed by atoms with Crippen LogP contribution in [0.4, 0.5) is 0 Å². The zero-order valence-corrected chi connectivity index (χ0v) is 22.5. The standard InChI is InChI=1S/C31H39ClN2O2/c1-3-5-7-9-10-11-13-24-22-33-30(34-23-24)26-17-19-28(20-18-26)36-31(35)27-16-15-25(29(32)21-27)14-12-8-6-4-2/h15-23H,3-14H2,1-2H3. The van der Waals surface area contributed by atoms with Gasteiger partial charge in [-0.05, 0) is 73.2 Å². The quantitative estimate of drug-likeness (QED) is 0.117. The summed E-state index contributed by atoms with van der Waals surface area (Å²) in [4.78, 5) is 21.7. The largest absolute Gasteiger partial charge is 0.423 e. The molecule has 0 spiro atoms. The lowest BCUT2D eigenvalue weighted by atomic mass is 10.0. The summed E-state index contributed by atoms with van der Waals surface area (Å²) in [7, 11) is 0. The van der Waals surface area contributed by atoms with E-state index >= 15 is 0 Å². The van der Waals surface area contributed by atoms with E-state index in [0.717, 1.165) is 30.4 Å². The summed E-state index contributed by atoms with van der Waals surface area (Å²) in [5.41, 5.74) is 3.58. The van der Waals surface area contributed by atoms with E-state index in [0.29, 0.717) is 22.2 Å². The number of halogens is 1. The van der Waals surface area contributed by atoms with Gasteiger partial charge in [-0.3, -0.25) is 0 Å². The molecule has 0 N–H and O–H groups in total. The Hall–Kier alpha value is -2.72. The first-order chi connectivity index (χ1) is 17.6. The van der Waals surface area contributed by atoms with E-state index in [1.807, 2.05) is 30.6 Å². The van der Waals surface area contributed by atoms with Crippen LogP contribution in [0.3, 0.4) is 0 Å². The van der Waals surface area contributed by atoms with Crippen molar-refractivity contribution in [1.29, 1.82) is 0 Å². The van der Waals surface area contributed by atoms with Crippen molar-refractivity contribution in [2.45, 2.75) is 90.9 Å². The number of esters is 1. The Morgan fingerprint density at radius 3 is 2.06 bits per heavy atom. The first-order valence-corrected chi connectivity index (χ1v) is 13.9. The summed E-state index contributed by atoms with van der Waals surface area (Å²) in [6.45, 7) is 4.44. The minimum absolute atomic E-state index is 0.419. The molecule has 0 aliphatic carbocycles. The van der Waals surface area contributed by atoms with Crippen LogP contribution in [-0.2, 0) is 12.8 Å². The highest BCUT2D eigenvalue weighted by molar-refractivity contribution is 6.31. The van der Waals surface area contributed by atoms with Crippen LogP contribution >= 0.6 is 11.6 Å². The Bertz CT molecular complexity index is 1060. The number of carbonyl (C=O) groups is 1. The number of aromatic nitrogens is 2. The van der Waals surface area contributed by atoms with Gasteiger partial charge in [0, 0.05) is 23.0 Å². The molecule has 3 rings (SSSR count). The normalized spacial score (nSPS) is 11.0. The van der Waals surface area contributed by atoms with Gasteiger partial charge in [-0.25, -0.2) is 14.8 Å². The number of ether oxygens (including phenoxy) is 1. The average molecular weight is 507 g/mol. The Morgan fingerprint density at radius 2 is 1.39 bits per heavy atom. The summed E-state index contributed by atoms with van der Waals surface area (Å²) < 4.78 is 5.56. The van der Waals surface area contributed by atoms with Crippen molar-refractivity contribution in [2.24, 2.45) is 0 Å². The zero-order chi connectivity index (χ0) is 25.6. The Labute approximate surface area is 221 Å². The van der Waals surface area contributed by atoms with Crippen molar-refractivity contribution in [3.8, 4) is 17.1 Å². The van der Waals surface area contributed by atoms with Crippen LogP contribution in [0.25, 0.3) is 11.4 Å². The molecule has 2 aromatic carbocycles. The van der Waals surface area contributed by atoms with Gasteiger partial charge in [-0.1, -0.05) is 82.9 Å². The van der Waals surface area contributed by atoms with Gasteiger partial charge in [0.2, 0.25) is 0 Å². The molecule has 5 heteroatoms. The van der Waals surface area contributed by atoms with Crippen molar-refractivity contribution >= 4 is 17.6 Å². The van der Waals surface area contributed by atoms with E-state index in [-0.39, 0.29) is 0 Å². The van der Waals surface area contributed by atoms with E-state index in [2.05, 4.69) is 23.8 Å². The van der Waals surface area contributed by atoms with Crippen molar-refractivity contribution in [1.82, 2.24) is 9.97 Å². The SMILES string of the molecule is CCCCCCCCc1cnc(-c2ccc(OC(=O)c3ccc(CCCCCC)c(Cl)c3)cc2)nc1. The maximum absolute atomic E-state index is 12.6. The van der Waals surface area contributed by atoms with Crippen LogP contribution in [0.15, 0.2) is 54.9 Å². The lowest BCUT2D eigenvalue weighted by Gasteiger charge is -2.08. The summed E-state index contributed by atoms with van der Waals surface area (Å²) in [6, 6.07) is 12.7. The van der Waals surface area contributed by atoms with Crippen LogP contribution < -0.4 is 4.74 Å². The second kappa shape index (κ2) is 15.4. The number of rotatable bonds is 15. The first-order valence-electron chi connectivity index (χ1n) is 13.5. The molecule has 0 aliphatic rings. The maximum atomic E-state index is 12.6. The topological polar surface area (TPSA) is 52.1 Å². The van der Waals surface area contributed by atoms with Gasteiger partial charge < -0.3 is 4.74 Å². The van der Waals surface area contributed by atoms with Crippen LogP contribution in [0.5, 0.6) is 5.75 Å². The summed E-state index contributed by atoms with van der Waals surface area (Å²) in [6.07, 6.45) is 18.2. The van der Waals surface area contributed by atoms with Crippen LogP contribution in [0.1, 0.15) is 99.5 Å². The highest BCUT2D eigenvalue weighted by Crippen LogP contribution is 2.23. The molecule has 0 saturated carbocycles. The van der Waals surface area contributed by atoms with E-state index in [1.54, 1.807) is 24.3 Å². The van der Waals surface area contributed by atoms with Gasteiger partial charge in [0.05, 0.1) is 5.56 Å². The molecule has 1 aromatic heterocycles. The second-order valence-electron chi connectivity index (χ2n) is 9.46. The number of nitrogens with zero attached hydrogens (tertiary/aromatic N) is 2. The molecule has 36 heavy (non-hydrogen) atoms.